The summed E-state index contributed by atoms with van der Waals surface area (Å²) in [5.41, 5.74) is 2.82. The summed E-state index contributed by atoms with van der Waals surface area (Å²) in [5, 5.41) is 2.96. The van der Waals surface area contributed by atoms with E-state index < -0.39 is 0 Å². The van der Waals surface area contributed by atoms with Crippen molar-refractivity contribution in [1.82, 2.24) is 14.9 Å². The van der Waals surface area contributed by atoms with Crippen LogP contribution in [-0.2, 0) is 13.0 Å². The molecule has 0 aliphatic carbocycles. The Hall–Kier alpha value is -2.88. The number of hydrogen-bond acceptors (Lipinski definition) is 2. The first-order chi connectivity index (χ1) is 11.8. The van der Waals surface area contributed by atoms with E-state index in [9.17, 15) is 4.79 Å². The van der Waals surface area contributed by atoms with Crippen molar-refractivity contribution in [2.45, 2.75) is 19.4 Å². The Kier molecular flexibility index (Phi) is 5.06. The molecule has 0 unspecified atom stereocenters. The Balaban J connectivity index is 1.60. The molecule has 1 heterocycles. The van der Waals surface area contributed by atoms with E-state index in [0.29, 0.717) is 12.1 Å². The fourth-order valence-electron chi connectivity index (χ4n) is 2.79. The summed E-state index contributed by atoms with van der Waals surface area (Å²) in [7, 11) is 0. The molecule has 1 amide bonds. The van der Waals surface area contributed by atoms with E-state index in [-0.39, 0.29) is 5.91 Å². The van der Waals surface area contributed by atoms with Crippen LogP contribution in [0.4, 0.5) is 0 Å². The van der Waals surface area contributed by atoms with E-state index in [1.165, 1.54) is 0 Å². The third kappa shape index (κ3) is 3.54. The van der Waals surface area contributed by atoms with E-state index in [2.05, 4.69) is 22.5 Å². The van der Waals surface area contributed by atoms with Crippen molar-refractivity contribution in [3.63, 3.8) is 0 Å². The first-order valence-corrected chi connectivity index (χ1v) is 8.18. The van der Waals surface area contributed by atoms with Crippen molar-refractivity contribution >= 4 is 16.9 Å². The van der Waals surface area contributed by atoms with Gasteiger partial charge in [-0.3, -0.25) is 4.79 Å². The average molecular weight is 319 g/mol. The van der Waals surface area contributed by atoms with E-state index in [4.69, 9.17) is 4.98 Å². The van der Waals surface area contributed by atoms with Gasteiger partial charge in [-0.1, -0.05) is 36.4 Å². The van der Waals surface area contributed by atoms with Gasteiger partial charge in [0.15, 0.2) is 0 Å². The number of aryl methyl sites for hydroxylation is 1. The number of carbonyl (C=O) groups is 1. The summed E-state index contributed by atoms with van der Waals surface area (Å²) >= 11 is 0. The quantitative estimate of drug-likeness (QED) is 0.534. The molecule has 1 N–H and O–H groups in total. The molecule has 0 spiro atoms. The molecule has 0 aliphatic heterocycles. The van der Waals surface area contributed by atoms with Gasteiger partial charge in [-0.05, 0) is 30.7 Å². The minimum Gasteiger partial charge on any atom is -0.352 e. The fraction of sp³-hybridized carbons (Fsp3) is 0.200. The average Bonchev–Trinajstić information content (AvgIpc) is 2.97. The molecule has 0 saturated heterocycles. The van der Waals surface area contributed by atoms with Crippen molar-refractivity contribution in [1.29, 1.82) is 0 Å². The van der Waals surface area contributed by atoms with Crippen molar-refractivity contribution < 1.29 is 4.79 Å². The Labute approximate surface area is 141 Å². The summed E-state index contributed by atoms with van der Waals surface area (Å²) in [6.07, 6.45) is 3.55. The molecule has 0 radical (unpaired) electrons. The number of amides is 1. The van der Waals surface area contributed by atoms with Gasteiger partial charge in [0.1, 0.15) is 5.82 Å². The highest BCUT2D eigenvalue weighted by Crippen LogP contribution is 2.17. The Morgan fingerprint density at radius 1 is 1.12 bits per heavy atom. The molecular formula is C20H21N3O. The number of nitrogens with one attached hydrogen (secondary N) is 1. The smallest absolute Gasteiger partial charge is 0.251 e. The van der Waals surface area contributed by atoms with Gasteiger partial charge in [0, 0.05) is 25.1 Å². The maximum Gasteiger partial charge on any atom is 0.251 e. The van der Waals surface area contributed by atoms with E-state index in [1.54, 1.807) is 0 Å². The summed E-state index contributed by atoms with van der Waals surface area (Å²) in [6, 6.07) is 17.4. The fourth-order valence-corrected chi connectivity index (χ4v) is 2.79. The molecule has 24 heavy (non-hydrogen) atoms. The second-order valence-corrected chi connectivity index (χ2v) is 5.64. The van der Waals surface area contributed by atoms with Gasteiger partial charge < -0.3 is 9.88 Å². The van der Waals surface area contributed by atoms with Crippen LogP contribution >= 0.6 is 0 Å². The monoisotopic (exact) mass is 319 g/mol. The Morgan fingerprint density at radius 3 is 2.67 bits per heavy atom. The standard InChI is InChI=1S/C20H21N3O/c1-2-15-23-18-12-7-6-11-17(18)22-19(23)13-8-14-21-20(24)16-9-4-3-5-10-16/h2-7,9-12H,1,8,13-15H2,(H,21,24). The lowest BCUT2D eigenvalue weighted by atomic mass is 10.2. The highest BCUT2D eigenvalue weighted by molar-refractivity contribution is 5.94. The molecule has 2 aromatic carbocycles. The molecule has 1 aromatic heterocycles. The SMILES string of the molecule is C=CCn1c(CCCNC(=O)c2ccccc2)nc2ccccc21. The number of imidazole rings is 1. The van der Waals surface area contributed by atoms with E-state index >= 15 is 0 Å². The van der Waals surface area contributed by atoms with E-state index in [1.807, 2.05) is 54.6 Å². The molecule has 0 saturated carbocycles. The number of allylic oxidation sites excluding steroid dienone is 1. The summed E-state index contributed by atoms with van der Waals surface area (Å²) in [4.78, 5) is 16.7. The normalized spacial score (nSPS) is 10.7. The molecule has 0 bridgehead atoms. The van der Waals surface area contributed by atoms with Crippen molar-refractivity contribution in [2.75, 3.05) is 6.54 Å². The van der Waals surface area contributed by atoms with Crippen LogP contribution in [-0.4, -0.2) is 22.0 Å². The molecule has 122 valence electrons. The summed E-state index contributed by atoms with van der Waals surface area (Å²) in [6.45, 7) is 5.20. The molecular weight excluding hydrogens is 298 g/mol. The van der Waals surface area contributed by atoms with Crippen LogP contribution in [0.5, 0.6) is 0 Å². The number of carbonyl (C=O) groups excluding carboxylic acids is 1. The first kappa shape index (κ1) is 16.0. The van der Waals surface area contributed by atoms with Gasteiger partial charge in [0.2, 0.25) is 0 Å². The Morgan fingerprint density at radius 2 is 1.88 bits per heavy atom. The van der Waals surface area contributed by atoms with Crippen LogP contribution in [0.1, 0.15) is 22.6 Å². The van der Waals surface area contributed by atoms with Crippen LogP contribution in [0.3, 0.4) is 0 Å². The summed E-state index contributed by atoms with van der Waals surface area (Å²) < 4.78 is 2.18. The largest absolute Gasteiger partial charge is 0.352 e. The van der Waals surface area contributed by atoms with Crippen molar-refractivity contribution in [3.8, 4) is 0 Å². The lowest BCUT2D eigenvalue weighted by molar-refractivity contribution is 0.0953. The summed E-state index contributed by atoms with van der Waals surface area (Å²) in [5.74, 6) is 1.00. The van der Waals surface area contributed by atoms with Gasteiger partial charge >= 0.3 is 0 Å². The van der Waals surface area contributed by atoms with Crippen molar-refractivity contribution in [3.05, 3.63) is 78.6 Å². The highest BCUT2D eigenvalue weighted by atomic mass is 16.1. The molecule has 4 heteroatoms. The van der Waals surface area contributed by atoms with Crippen LogP contribution in [0.2, 0.25) is 0 Å². The zero-order valence-electron chi connectivity index (χ0n) is 13.6. The van der Waals surface area contributed by atoms with Gasteiger partial charge in [0.05, 0.1) is 11.0 Å². The molecule has 3 rings (SSSR count). The maximum absolute atomic E-state index is 12.0. The van der Waals surface area contributed by atoms with Crippen LogP contribution < -0.4 is 5.32 Å². The lowest BCUT2D eigenvalue weighted by Gasteiger charge is -2.07. The third-order valence-corrected chi connectivity index (χ3v) is 3.94. The topological polar surface area (TPSA) is 46.9 Å². The highest BCUT2D eigenvalue weighted by Gasteiger charge is 2.09. The van der Waals surface area contributed by atoms with Gasteiger partial charge in [-0.2, -0.15) is 0 Å². The van der Waals surface area contributed by atoms with Gasteiger partial charge in [0.25, 0.3) is 5.91 Å². The minimum absolute atomic E-state index is 0.0322. The molecule has 0 atom stereocenters. The number of aromatic nitrogens is 2. The molecule has 3 aromatic rings. The van der Waals surface area contributed by atoms with Crippen LogP contribution in [0.25, 0.3) is 11.0 Å². The number of para-hydroxylation sites is 2. The van der Waals surface area contributed by atoms with Gasteiger partial charge in [-0.15, -0.1) is 6.58 Å². The molecule has 0 fully saturated rings. The number of benzene rings is 2. The second-order valence-electron chi connectivity index (χ2n) is 5.64. The number of fused-ring (bicyclic) bond motifs is 1. The van der Waals surface area contributed by atoms with Crippen LogP contribution in [0, 0.1) is 0 Å². The zero-order valence-corrected chi connectivity index (χ0v) is 13.6. The third-order valence-electron chi connectivity index (χ3n) is 3.94. The number of nitrogens with zero attached hydrogens (tertiary/aromatic N) is 2. The van der Waals surface area contributed by atoms with E-state index in [0.717, 1.165) is 36.2 Å². The number of rotatable bonds is 7. The van der Waals surface area contributed by atoms with Crippen LogP contribution in [0.15, 0.2) is 67.3 Å². The zero-order chi connectivity index (χ0) is 16.8. The predicted octanol–water partition coefficient (Wildman–Crippen LogP) is 3.58. The van der Waals surface area contributed by atoms with Crippen molar-refractivity contribution in [2.24, 2.45) is 0 Å². The first-order valence-electron chi connectivity index (χ1n) is 8.18. The number of hydrogen-bond donors (Lipinski definition) is 1. The maximum atomic E-state index is 12.0. The predicted molar refractivity (Wildman–Crippen MR) is 97.0 cm³/mol. The molecule has 4 nitrogen and oxygen atoms in total. The molecule has 0 aliphatic rings. The lowest BCUT2D eigenvalue weighted by Crippen LogP contribution is -2.24. The minimum atomic E-state index is -0.0322. The second kappa shape index (κ2) is 7.59. The van der Waals surface area contributed by atoms with Gasteiger partial charge in [-0.25, -0.2) is 4.98 Å². The Bertz CT molecular complexity index is 836.